The number of guanidine groups is 2. The van der Waals surface area contributed by atoms with Crippen LogP contribution in [0.5, 0.6) is 0 Å². The summed E-state index contributed by atoms with van der Waals surface area (Å²) in [6.07, 6.45) is 2.48. The summed E-state index contributed by atoms with van der Waals surface area (Å²) in [7, 11) is 3.53. The minimum absolute atomic E-state index is 0.0703. The summed E-state index contributed by atoms with van der Waals surface area (Å²) in [6.45, 7) is 11.7. The van der Waals surface area contributed by atoms with Crippen molar-refractivity contribution in [3.8, 4) is 11.3 Å². The van der Waals surface area contributed by atoms with Crippen molar-refractivity contribution in [3.05, 3.63) is 84.1 Å². The van der Waals surface area contributed by atoms with E-state index in [1.54, 1.807) is 25.4 Å². The van der Waals surface area contributed by atoms with Crippen LogP contribution in [-0.2, 0) is 16.1 Å². The van der Waals surface area contributed by atoms with E-state index in [0.717, 1.165) is 52.0 Å². The summed E-state index contributed by atoms with van der Waals surface area (Å²) in [5.41, 5.74) is 7.50. The van der Waals surface area contributed by atoms with Gasteiger partial charge in [-0.3, -0.25) is 15.1 Å². The van der Waals surface area contributed by atoms with Crippen LogP contribution in [0.4, 0.5) is 10.1 Å². The Labute approximate surface area is 263 Å². The number of allylic oxidation sites excluding steroid dienone is 1. The molecule has 0 radical (unpaired) electrons. The molecular formula is C33H42FN9O2. The first-order chi connectivity index (χ1) is 21.8. The summed E-state index contributed by atoms with van der Waals surface area (Å²) in [5, 5.41) is 16.2. The number of likely N-dealkylation sites (N-methyl/N-ethyl adjacent to an activating group) is 1. The Morgan fingerprint density at radius 2 is 1.96 bits per heavy atom. The van der Waals surface area contributed by atoms with Crippen LogP contribution >= 0.6 is 0 Å². The summed E-state index contributed by atoms with van der Waals surface area (Å²) < 4.78 is 18.8. The third-order valence-corrected chi connectivity index (χ3v) is 7.41. The molecule has 5 N–H and O–H groups in total. The lowest BCUT2D eigenvalue weighted by molar-refractivity contribution is -0.114. The van der Waals surface area contributed by atoms with Gasteiger partial charge in [0.25, 0.3) is 5.91 Å². The predicted octanol–water partition coefficient (Wildman–Crippen LogP) is 4.43. The van der Waals surface area contributed by atoms with Crippen LogP contribution in [0.25, 0.3) is 22.0 Å². The van der Waals surface area contributed by atoms with Crippen LogP contribution in [0.15, 0.2) is 88.5 Å². The maximum absolute atomic E-state index is 13.2. The van der Waals surface area contributed by atoms with E-state index < -0.39 is 11.7 Å². The molecule has 1 saturated heterocycles. The highest BCUT2D eigenvalue weighted by Crippen LogP contribution is 2.31. The smallest absolute Gasteiger partial charge is 0.283 e. The molecule has 12 heteroatoms. The largest absolute Gasteiger partial charge is 0.378 e. The maximum Gasteiger partial charge on any atom is 0.283 e. The van der Waals surface area contributed by atoms with E-state index in [-0.39, 0.29) is 6.10 Å². The van der Waals surface area contributed by atoms with E-state index in [1.165, 1.54) is 0 Å². The van der Waals surface area contributed by atoms with Gasteiger partial charge in [-0.2, -0.15) is 0 Å². The number of hydrazine groups is 1. The fourth-order valence-corrected chi connectivity index (χ4v) is 4.78. The zero-order valence-electron chi connectivity index (χ0n) is 26.5. The molecule has 4 rings (SSSR count). The van der Waals surface area contributed by atoms with E-state index in [9.17, 15) is 9.18 Å². The van der Waals surface area contributed by atoms with Crippen molar-refractivity contribution in [2.45, 2.75) is 39.8 Å². The van der Waals surface area contributed by atoms with Gasteiger partial charge in [-0.05, 0) is 54.6 Å². The number of pyridine rings is 1. The second-order valence-corrected chi connectivity index (χ2v) is 10.4. The van der Waals surface area contributed by atoms with E-state index in [1.807, 2.05) is 48.5 Å². The third kappa shape index (κ3) is 8.29. The molecule has 1 amide bonds. The monoisotopic (exact) mass is 615 g/mol. The number of hydrogen-bond acceptors (Lipinski definition) is 7. The van der Waals surface area contributed by atoms with E-state index in [0.29, 0.717) is 37.2 Å². The number of amides is 1. The zero-order chi connectivity index (χ0) is 32.3. The summed E-state index contributed by atoms with van der Waals surface area (Å²) in [6, 6.07) is 15.2. The molecule has 0 bridgehead atoms. The van der Waals surface area contributed by atoms with Gasteiger partial charge in [-0.15, -0.1) is 0 Å². The maximum atomic E-state index is 13.2. The van der Waals surface area contributed by atoms with Gasteiger partial charge in [0.2, 0.25) is 11.9 Å². The number of nitrogens with one attached hydrogen (secondary N) is 5. The molecule has 1 aliphatic rings. The van der Waals surface area contributed by atoms with Crippen molar-refractivity contribution in [1.29, 1.82) is 0 Å². The first-order valence-electron chi connectivity index (χ1n) is 15.0. The minimum atomic E-state index is -1.05. The lowest BCUT2D eigenvalue weighted by Crippen LogP contribution is -2.61. The van der Waals surface area contributed by atoms with Crippen molar-refractivity contribution in [2.24, 2.45) is 9.98 Å². The number of hydrogen-bond donors (Lipinski definition) is 5. The first-order valence-corrected chi connectivity index (χ1v) is 15.0. The van der Waals surface area contributed by atoms with Crippen LogP contribution in [-0.4, -0.2) is 67.7 Å². The number of aliphatic imine (C=N–C) groups is 2. The Balaban J connectivity index is 1.67. The van der Waals surface area contributed by atoms with Gasteiger partial charge in [0.1, 0.15) is 5.82 Å². The molecule has 1 unspecified atom stereocenters. The summed E-state index contributed by atoms with van der Waals surface area (Å²) in [5.74, 6) is 0.122. The average molecular weight is 616 g/mol. The van der Waals surface area contributed by atoms with Crippen LogP contribution < -0.4 is 26.7 Å². The Morgan fingerprint density at radius 1 is 1.16 bits per heavy atom. The van der Waals surface area contributed by atoms with Gasteiger partial charge in [0.05, 0.1) is 24.9 Å². The Hall–Kier alpha value is -4.65. The van der Waals surface area contributed by atoms with Crippen molar-refractivity contribution < 1.29 is 13.9 Å². The SMILES string of the molecule is C=C(F)C(=O)Nc1ccc2c(-c3ccccc3CN=C3NC(=NCC(CNCC)OC)N/C(=C(/C)CC)N3NC)nccc2c1. The van der Waals surface area contributed by atoms with Crippen LogP contribution in [0, 0.1) is 0 Å². The zero-order valence-corrected chi connectivity index (χ0v) is 26.5. The highest BCUT2D eigenvalue weighted by atomic mass is 19.1. The normalized spacial score (nSPS) is 16.8. The molecule has 11 nitrogen and oxygen atoms in total. The number of anilines is 1. The number of aromatic nitrogens is 1. The summed E-state index contributed by atoms with van der Waals surface area (Å²) in [4.78, 5) is 26.3. The molecule has 238 valence electrons. The second-order valence-electron chi connectivity index (χ2n) is 10.4. The molecule has 3 aromatic rings. The molecule has 45 heavy (non-hydrogen) atoms. The van der Waals surface area contributed by atoms with Crippen molar-refractivity contribution in [3.63, 3.8) is 0 Å². The topological polar surface area (TPSA) is 127 Å². The van der Waals surface area contributed by atoms with E-state index >= 15 is 0 Å². The number of benzene rings is 2. The fourth-order valence-electron chi connectivity index (χ4n) is 4.78. The van der Waals surface area contributed by atoms with Gasteiger partial charge in [0, 0.05) is 43.5 Å². The molecule has 1 fully saturated rings. The quantitative estimate of drug-likeness (QED) is 0.179. The number of fused-ring (bicyclic) bond motifs is 1. The van der Waals surface area contributed by atoms with Crippen molar-refractivity contribution in [1.82, 2.24) is 31.4 Å². The molecule has 1 aliphatic heterocycles. The van der Waals surface area contributed by atoms with Gasteiger partial charge in [-0.25, -0.2) is 24.8 Å². The highest BCUT2D eigenvalue weighted by molar-refractivity contribution is 6.04. The molecule has 0 spiro atoms. The standard InChI is InChI=1S/C33H42FN9O2/c1-7-21(3)30-41-32(38-20-26(45-6)19-36-8-2)42-33(43(30)35-5)39-18-24-11-9-10-12-27(24)29-28-14-13-25(40-31(44)22(4)34)17-23(28)15-16-37-29/h9-17,26,35-36H,4,7-8,18-20H2,1-3,5-6H3,(H,40,44)(H2,38,39,41,42)/b30-21+. The van der Waals surface area contributed by atoms with Crippen molar-refractivity contribution >= 4 is 34.3 Å². The lowest BCUT2D eigenvalue weighted by Gasteiger charge is -2.35. The van der Waals surface area contributed by atoms with Crippen LogP contribution in [0.2, 0.25) is 0 Å². The third-order valence-electron chi connectivity index (χ3n) is 7.41. The number of halogens is 1. The Bertz CT molecular complexity index is 1620. The van der Waals surface area contributed by atoms with Gasteiger partial charge >= 0.3 is 0 Å². The minimum Gasteiger partial charge on any atom is -0.378 e. The number of carbonyl (C=O) groups excluding carboxylic acids is 1. The van der Waals surface area contributed by atoms with Crippen LogP contribution in [0.1, 0.15) is 32.8 Å². The number of ether oxygens (including phenoxy) is 1. The number of rotatable bonds is 13. The Kier molecular flexibility index (Phi) is 11.7. The number of nitrogens with zero attached hydrogens (tertiary/aromatic N) is 4. The van der Waals surface area contributed by atoms with E-state index in [2.05, 4.69) is 54.0 Å². The fraction of sp³-hybridized carbons (Fsp3) is 0.333. The number of carbonyl (C=O) groups is 1. The predicted molar refractivity (Wildman–Crippen MR) is 179 cm³/mol. The van der Waals surface area contributed by atoms with Crippen LogP contribution in [0.3, 0.4) is 0 Å². The van der Waals surface area contributed by atoms with Crippen molar-refractivity contribution in [2.75, 3.05) is 39.1 Å². The highest BCUT2D eigenvalue weighted by Gasteiger charge is 2.26. The molecule has 2 aromatic carbocycles. The van der Waals surface area contributed by atoms with Gasteiger partial charge in [-0.1, -0.05) is 50.8 Å². The molecule has 0 saturated carbocycles. The molecule has 2 heterocycles. The first kappa shape index (κ1) is 33.2. The van der Waals surface area contributed by atoms with Gasteiger partial charge < -0.3 is 20.7 Å². The second kappa shape index (κ2) is 15.9. The molecular weight excluding hydrogens is 573 g/mol. The summed E-state index contributed by atoms with van der Waals surface area (Å²) >= 11 is 0. The number of methoxy groups -OCH3 is 1. The molecule has 1 atom stereocenters. The lowest BCUT2D eigenvalue weighted by atomic mass is 9.99. The average Bonchev–Trinajstić information content (AvgIpc) is 3.06. The Morgan fingerprint density at radius 3 is 2.67 bits per heavy atom. The molecule has 0 aliphatic carbocycles. The van der Waals surface area contributed by atoms with Gasteiger partial charge in [0.15, 0.2) is 5.83 Å². The molecule has 1 aromatic heterocycles. The van der Waals surface area contributed by atoms with E-state index in [4.69, 9.17) is 19.7 Å².